The highest BCUT2D eigenvalue weighted by Gasteiger charge is 2.19. The maximum atomic E-state index is 12.3. The number of amides is 1. The largest absolute Gasteiger partial charge is 0.421 e. The number of hydrogen-bond acceptors (Lipinski definition) is 6. The van der Waals surface area contributed by atoms with Crippen molar-refractivity contribution < 1.29 is 9.21 Å². The minimum absolute atomic E-state index is 0.0714. The van der Waals surface area contributed by atoms with E-state index in [1.54, 1.807) is 17.5 Å². The second kappa shape index (κ2) is 7.82. The molecule has 136 valence electrons. The Morgan fingerprint density at radius 2 is 2.15 bits per heavy atom. The number of aryl methyl sites for hydroxylation is 1. The first-order valence-corrected chi connectivity index (χ1v) is 9.92. The molecule has 0 aromatic carbocycles. The lowest BCUT2D eigenvalue weighted by molar-refractivity contribution is -0.116. The van der Waals surface area contributed by atoms with E-state index in [-0.39, 0.29) is 5.91 Å². The summed E-state index contributed by atoms with van der Waals surface area (Å²) in [5.74, 6) is 1.67. The fourth-order valence-electron chi connectivity index (χ4n) is 3.31. The second-order valence-electron chi connectivity index (χ2n) is 6.51. The van der Waals surface area contributed by atoms with Crippen LogP contribution in [0.3, 0.4) is 0 Å². The lowest BCUT2D eigenvalue weighted by Gasteiger charge is -2.23. The van der Waals surface area contributed by atoms with Crippen LogP contribution in [0.1, 0.15) is 50.5 Å². The summed E-state index contributed by atoms with van der Waals surface area (Å²) in [5, 5.41) is 19.3. The molecule has 0 aliphatic heterocycles. The summed E-state index contributed by atoms with van der Waals surface area (Å²) < 4.78 is 7.58. The zero-order valence-corrected chi connectivity index (χ0v) is 15.2. The van der Waals surface area contributed by atoms with Gasteiger partial charge in [-0.2, -0.15) is 16.4 Å². The van der Waals surface area contributed by atoms with E-state index >= 15 is 0 Å². The molecule has 0 radical (unpaired) electrons. The molecule has 7 nitrogen and oxygen atoms in total. The number of rotatable bonds is 6. The van der Waals surface area contributed by atoms with Gasteiger partial charge in [0, 0.05) is 29.9 Å². The third-order valence-corrected chi connectivity index (χ3v) is 5.34. The van der Waals surface area contributed by atoms with Crippen LogP contribution in [0, 0.1) is 0 Å². The van der Waals surface area contributed by atoms with Crippen LogP contribution in [0.5, 0.6) is 0 Å². The van der Waals surface area contributed by atoms with Crippen LogP contribution in [0.15, 0.2) is 33.5 Å². The molecule has 1 saturated carbocycles. The van der Waals surface area contributed by atoms with E-state index in [9.17, 15) is 4.79 Å². The van der Waals surface area contributed by atoms with Gasteiger partial charge in [-0.25, -0.2) is 4.68 Å². The van der Waals surface area contributed by atoms with Crippen LogP contribution in [0.25, 0.3) is 11.5 Å². The normalized spacial score (nSPS) is 15.2. The molecule has 3 aromatic heterocycles. The summed E-state index contributed by atoms with van der Waals surface area (Å²) in [6.45, 7) is 0. The Morgan fingerprint density at radius 1 is 1.27 bits per heavy atom. The molecular formula is C18H21N5O2S. The fraction of sp³-hybridized carbons (Fsp3) is 0.444. The highest BCUT2D eigenvalue weighted by atomic mass is 32.1. The molecule has 3 aromatic rings. The molecule has 26 heavy (non-hydrogen) atoms. The third kappa shape index (κ3) is 3.85. The van der Waals surface area contributed by atoms with E-state index in [2.05, 4.69) is 20.6 Å². The van der Waals surface area contributed by atoms with Gasteiger partial charge in [-0.3, -0.25) is 4.79 Å². The molecule has 3 heterocycles. The minimum Gasteiger partial charge on any atom is -0.421 e. The summed E-state index contributed by atoms with van der Waals surface area (Å²) in [6, 6.07) is 4.17. The molecule has 0 spiro atoms. The predicted octanol–water partition coefficient (Wildman–Crippen LogP) is 4.07. The minimum atomic E-state index is -0.0714. The van der Waals surface area contributed by atoms with Gasteiger partial charge in [0.05, 0.1) is 12.2 Å². The molecule has 0 bridgehead atoms. The van der Waals surface area contributed by atoms with Crippen LogP contribution in [-0.2, 0) is 11.2 Å². The number of carbonyl (C=O) groups excluding carboxylic acids is 1. The maximum Gasteiger partial charge on any atom is 0.248 e. The summed E-state index contributed by atoms with van der Waals surface area (Å²) >= 11 is 1.58. The van der Waals surface area contributed by atoms with Gasteiger partial charge in [-0.05, 0) is 24.3 Å². The first-order valence-electron chi connectivity index (χ1n) is 8.98. The Balaban J connectivity index is 1.33. The van der Waals surface area contributed by atoms with Gasteiger partial charge in [0.15, 0.2) is 0 Å². The molecule has 1 aliphatic carbocycles. The molecule has 1 amide bonds. The van der Waals surface area contributed by atoms with Crippen LogP contribution in [-0.4, -0.2) is 25.9 Å². The van der Waals surface area contributed by atoms with E-state index in [1.807, 2.05) is 27.6 Å². The Labute approximate surface area is 155 Å². The van der Waals surface area contributed by atoms with Gasteiger partial charge in [-0.15, -0.1) is 10.2 Å². The number of aromatic nitrogens is 4. The molecule has 1 N–H and O–H groups in total. The van der Waals surface area contributed by atoms with Gasteiger partial charge in [0.25, 0.3) is 0 Å². The average Bonchev–Trinajstić information content (AvgIpc) is 3.41. The zero-order valence-electron chi connectivity index (χ0n) is 14.4. The van der Waals surface area contributed by atoms with Crippen molar-refractivity contribution in [1.82, 2.24) is 20.0 Å². The van der Waals surface area contributed by atoms with Crippen molar-refractivity contribution in [1.29, 1.82) is 0 Å². The van der Waals surface area contributed by atoms with Crippen LogP contribution < -0.4 is 5.32 Å². The maximum absolute atomic E-state index is 12.3. The van der Waals surface area contributed by atoms with Crippen molar-refractivity contribution in [3.63, 3.8) is 0 Å². The molecule has 1 aliphatic rings. The Hall–Kier alpha value is -2.48. The first-order chi connectivity index (χ1) is 12.8. The number of thiophene rings is 1. The van der Waals surface area contributed by atoms with E-state index in [1.165, 1.54) is 19.3 Å². The van der Waals surface area contributed by atoms with E-state index in [4.69, 9.17) is 4.42 Å². The highest BCUT2D eigenvalue weighted by molar-refractivity contribution is 7.08. The fourth-order valence-corrected chi connectivity index (χ4v) is 3.94. The Kier molecular flexibility index (Phi) is 5.10. The quantitative estimate of drug-likeness (QED) is 0.706. The number of anilines is 1. The second-order valence-corrected chi connectivity index (χ2v) is 7.29. The molecule has 8 heteroatoms. The van der Waals surface area contributed by atoms with Crippen LogP contribution in [0.4, 0.5) is 5.82 Å². The van der Waals surface area contributed by atoms with E-state index < -0.39 is 0 Å². The number of nitrogens with one attached hydrogen (secondary N) is 1. The zero-order chi connectivity index (χ0) is 17.8. The molecule has 4 rings (SSSR count). The number of nitrogens with zero attached hydrogens (tertiary/aromatic N) is 4. The predicted molar refractivity (Wildman–Crippen MR) is 98.9 cm³/mol. The summed E-state index contributed by atoms with van der Waals surface area (Å²) in [4.78, 5) is 12.3. The van der Waals surface area contributed by atoms with Gasteiger partial charge in [-0.1, -0.05) is 19.3 Å². The molecule has 0 saturated heterocycles. The van der Waals surface area contributed by atoms with Crippen molar-refractivity contribution in [2.75, 3.05) is 5.32 Å². The van der Waals surface area contributed by atoms with Crippen molar-refractivity contribution in [2.45, 2.75) is 51.0 Å². The summed E-state index contributed by atoms with van der Waals surface area (Å²) in [6.07, 6.45) is 8.44. The van der Waals surface area contributed by atoms with Crippen molar-refractivity contribution in [3.05, 3.63) is 35.0 Å². The molecule has 1 fully saturated rings. The number of carbonyl (C=O) groups is 1. The molecule has 0 unspecified atom stereocenters. The van der Waals surface area contributed by atoms with Crippen molar-refractivity contribution in [2.24, 2.45) is 0 Å². The van der Waals surface area contributed by atoms with Gasteiger partial charge in [0.1, 0.15) is 5.82 Å². The Bertz CT molecular complexity index is 849. The topological polar surface area (TPSA) is 85.8 Å². The summed E-state index contributed by atoms with van der Waals surface area (Å²) in [7, 11) is 0. The average molecular weight is 371 g/mol. The standard InChI is InChI=1S/C18H21N5O2S/c24-16(6-7-17-21-22-18(25-17)13-9-11-26-12-13)20-15-8-10-19-23(15)14-4-2-1-3-5-14/h8-12,14H,1-7H2,(H,20,24). The van der Waals surface area contributed by atoms with E-state index in [0.717, 1.165) is 24.2 Å². The van der Waals surface area contributed by atoms with Crippen molar-refractivity contribution in [3.8, 4) is 11.5 Å². The number of hydrogen-bond donors (Lipinski definition) is 1. The lowest BCUT2D eigenvalue weighted by atomic mass is 9.96. The Morgan fingerprint density at radius 3 is 2.96 bits per heavy atom. The van der Waals surface area contributed by atoms with Gasteiger partial charge < -0.3 is 9.73 Å². The SMILES string of the molecule is O=C(CCc1nnc(-c2ccsc2)o1)Nc1ccnn1C1CCCCC1. The van der Waals surface area contributed by atoms with Gasteiger partial charge >= 0.3 is 0 Å². The van der Waals surface area contributed by atoms with Crippen LogP contribution in [0.2, 0.25) is 0 Å². The third-order valence-electron chi connectivity index (χ3n) is 4.66. The van der Waals surface area contributed by atoms with E-state index in [0.29, 0.717) is 30.7 Å². The highest BCUT2D eigenvalue weighted by Crippen LogP contribution is 2.30. The molecular weight excluding hydrogens is 350 g/mol. The lowest BCUT2D eigenvalue weighted by Crippen LogP contribution is -2.20. The monoisotopic (exact) mass is 371 g/mol. The smallest absolute Gasteiger partial charge is 0.248 e. The van der Waals surface area contributed by atoms with Crippen molar-refractivity contribution >= 4 is 23.1 Å². The first kappa shape index (κ1) is 17.0. The van der Waals surface area contributed by atoms with Gasteiger partial charge in [0.2, 0.25) is 17.7 Å². The van der Waals surface area contributed by atoms with Crippen LogP contribution >= 0.6 is 11.3 Å². The summed E-state index contributed by atoms with van der Waals surface area (Å²) in [5.41, 5.74) is 0.912. The molecule has 0 atom stereocenters.